The molecule has 2 saturated carbocycles. The summed E-state index contributed by atoms with van der Waals surface area (Å²) in [6.45, 7) is 6.56. The highest BCUT2D eigenvalue weighted by Crippen LogP contribution is 2.35. The zero-order chi connectivity index (χ0) is 13.1. The van der Waals surface area contributed by atoms with Crippen LogP contribution >= 0.6 is 0 Å². The minimum atomic E-state index is -0.584. The lowest BCUT2D eigenvalue weighted by Gasteiger charge is -2.42. The highest BCUT2D eigenvalue weighted by Gasteiger charge is 2.37. The predicted octanol–water partition coefficient (Wildman–Crippen LogP) is 3.00. The number of carbonyl (C=O) groups is 1. The number of carboxylic acid groups (broad SMARTS) is 1. The third-order valence-electron chi connectivity index (χ3n) is 4.99. The van der Waals surface area contributed by atoms with Gasteiger partial charge in [0.2, 0.25) is 0 Å². The summed E-state index contributed by atoms with van der Waals surface area (Å²) >= 11 is 0. The second kappa shape index (κ2) is 6.05. The van der Waals surface area contributed by atoms with E-state index in [9.17, 15) is 9.90 Å². The Labute approximate surface area is 111 Å². The molecule has 0 heterocycles. The van der Waals surface area contributed by atoms with Crippen LogP contribution in [0.15, 0.2) is 0 Å². The molecule has 3 unspecified atom stereocenters. The van der Waals surface area contributed by atoms with Crippen LogP contribution in [-0.2, 0) is 4.79 Å². The predicted molar refractivity (Wildman–Crippen MR) is 72.5 cm³/mol. The van der Waals surface area contributed by atoms with Crippen LogP contribution in [-0.4, -0.2) is 35.1 Å². The molecule has 18 heavy (non-hydrogen) atoms. The van der Waals surface area contributed by atoms with Crippen molar-refractivity contribution in [3.63, 3.8) is 0 Å². The van der Waals surface area contributed by atoms with Gasteiger partial charge in [-0.1, -0.05) is 20.3 Å². The van der Waals surface area contributed by atoms with Crippen LogP contribution in [0.25, 0.3) is 0 Å². The molecule has 3 heteroatoms. The van der Waals surface area contributed by atoms with Crippen LogP contribution in [0.4, 0.5) is 0 Å². The van der Waals surface area contributed by atoms with Crippen molar-refractivity contribution in [2.75, 3.05) is 13.1 Å². The zero-order valence-corrected chi connectivity index (χ0v) is 11.8. The number of nitrogens with zero attached hydrogens (tertiary/aromatic N) is 1. The van der Waals surface area contributed by atoms with E-state index in [1.54, 1.807) is 0 Å². The van der Waals surface area contributed by atoms with Crippen molar-refractivity contribution >= 4 is 5.97 Å². The van der Waals surface area contributed by atoms with E-state index in [0.717, 1.165) is 38.3 Å². The molecule has 0 amide bonds. The van der Waals surface area contributed by atoms with E-state index in [1.165, 1.54) is 19.3 Å². The average Bonchev–Trinajstić information content (AvgIpc) is 2.27. The Balaban J connectivity index is 2.01. The Morgan fingerprint density at radius 3 is 2.50 bits per heavy atom. The molecule has 2 aliphatic rings. The molecule has 2 fully saturated rings. The fourth-order valence-electron chi connectivity index (χ4n) is 3.55. The van der Waals surface area contributed by atoms with Gasteiger partial charge in [-0.3, -0.25) is 9.69 Å². The number of hydrogen-bond donors (Lipinski definition) is 1. The topological polar surface area (TPSA) is 40.5 Å². The Kier molecular flexibility index (Phi) is 4.66. The summed E-state index contributed by atoms with van der Waals surface area (Å²) in [5, 5.41) is 9.42. The van der Waals surface area contributed by atoms with E-state index >= 15 is 0 Å². The maximum atomic E-state index is 11.4. The smallest absolute Gasteiger partial charge is 0.308 e. The zero-order valence-electron chi connectivity index (χ0n) is 11.8. The van der Waals surface area contributed by atoms with Gasteiger partial charge in [0.1, 0.15) is 0 Å². The third kappa shape index (κ3) is 3.05. The largest absolute Gasteiger partial charge is 0.481 e. The SMILES string of the molecule is CCN(CC1CCC1)C1CC(C)CCC1C(=O)O. The Hall–Kier alpha value is -0.570. The summed E-state index contributed by atoms with van der Waals surface area (Å²) < 4.78 is 0. The maximum absolute atomic E-state index is 11.4. The highest BCUT2D eigenvalue weighted by atomic mass is 16.4. The number of rotatable bonds is 5. The summed E-state index contributed by atoms with van der Waals surface area (Å²) in [7, 11) is 0. The molecular formula is C15H27NO2. The quantitative estimate of drug-likeness (QED) is 0.819. The Morgan fingerprint density at radius 2 is 2.00 bits per heavy atom. The molecule has 2 aliphatic carbocycles. The second-order valence-electron chi connectivity index (χ2n) is 6.31. The van der Waals surface area contributed by atoms with E-state index in [-0.39, 0.29) is 12.0 Å². The molecular weight excluding hydrogens is 226 g/mol. The summed E-state index contributed by atoms with van der Waals surface area (Å²) in [5.41, 5.74) is 0. The van der Waals surface area contributed by atoms with Crippen molar-refractivity contribution in [3.05, 3.63) is 0 Å². The lowest BCUT2D eigenvalue weighted by molar-refractivity contribution is -0.146. The molecule has 0 aromatic heterocycles. The van der Waals surface area contributed by atoms with Gasteiger partial charge in [0.05, 0.1) is 5.92 Å². The molecule has 0 radical (unpaired) electrons. The summed E-state index contributed by atoms with van der Waals surface area (Å²) in [5.74, 6) is 0.790. The van der Waals surface area contributed by atoms with Crippen LogP contribution < -0.4 is 0 Å². The van der Waals surface area contributed by atoms with Gasteiger partial charge in [-0.2, -0.15) is 0 Å². The summed E-state index contributed by atoms with van der Waals surface area (Å²) in [6.07, 6.45) is 7.06. The molecule has 0 aromatic rings. The van der Waals surface area contributed by atoms with E-state index in [4.69, 9.17) is 0 Å². The molecule has 104 valence electrons. The minimum absolute atomic E-state index is 0.138. The number of carboxylic acids is 1. The van der Waals surface area contributed by atoms with Crippen molar-refractivity contribution < 1.29 is 9.90 Å². The number of aliphatic carboxylic acids is 1. The molecule has 0 aliphatic heterocycles. The van der Waals surface area contributed by atoms with Crippen molar-refractivity contribution in [2.24, 2.45) is 17.8 Å². The van der Waals surface area contributed by atoms with Gasteiger partial charge in [0.15, 0.2) is 0 Å². The van der Waals surface area contributed by atoms with Crippen molar-refractivity contribution in [1.29, 1.82) is 0 Å². The monoisotopic (exact) mass is 253 g/mol. The van der Waals surface area contributed by atoms with Crippen LogP contribution in [0.1, 0.15) is 52.4 Å². The van der Waals surface area contributed by atoms with Gasteiger partial charge in [-0.15, -0.1) is 0 Å². The normalized spacial score (nSPS) is 33.4. The van der Waals surface area contributed by atoms with Gasteiger partial charge in [0.25, 0.3) is 0 Å². The highest BCUT2D eigenvalue weighted by molar-refractivity contribution is 5.71. The fraction of sp³-hybridized carbons (Fsp3) is 0.933. The average molecular weight is 253 g/mol. The molecule has 0 spiro atoms. The lowest BCUT2D eigenvalue weighted by atomic mass is 9.77. The molecule has 0 bridgehead atoms. The maximum Gasteiger partial charge on any atom is 0.308 e. The first-order valence-electron chi connectivity index (χ1n) is 7.58. The second-order valence-corrected chi connectivity index (χ2v) is 6.31. The molecule has 0 aromatic carbocycles. The van der Waals surface area contributed by atoms with Gasteiger partial charge in [0, 0.05) is 12.6 Å². The van der Waals surface area contributed by atoms with Crippen molar-refractivity contribution in [2.45, 2.75) is 58.4 Å². The first-order valence-corrected chi connectivity index (χ1v) is 7.58. The lowest BCUT2D eigenvalue weighted by Crippen LogP contribution is -2.49. The van der Waals surface area contributed by atoms with E-state index in [0.29, 0.717) is 5.92 Å². The Bertz CT molecular complexity index is 288. The van der Waals surface area contributed by atoms with Crippen molar-refractivity contribution in [3.8, 4) is 0 Å². The molecule has 2 rings (SSSR count). The minimum Gasteiger partial charge on any atom is -0.481 e. The Morgan fingerprint density at radius 1 is 1.28 bits per heavy atom. The van der Waals surface area contributed by atoms with Gasteiger partial charge < -0.3 is 5.11 Å². The summed E-state index contributed by atoms with van der Waals surface area (Å²) in [6, 6.07) is 0.275. The number of hydrogen-bond acceptors (Lipinski definition) is 2. The van der Waals surface area contributed by atoms with Crippen LogP contribution in [0.3, 0.4) is 0 Å². The molecule has 3 nitrogen and oxygen atoms in total. The van der Waals surface area contributed by atoms with Crippen LogP contribution in [0, 0.1) is 17.8 Å². The van der Waals surface area contributed by atoms with E-state index < -0.39 is 5.97 Å². The van der Waals surface area contributed by atoms with E-state index in [1.807, 2.05) is 0 Å². The molecule has 3 atom stereocenters. The standard InChI is InChI=1S/C15H27NO2/c1-3-16(10-12-5-4-6-12)14-9-11(2)7-8-13(14)15(17)18/h11-14H,3-10H2,1-2H3,(H,17,18). The first kappa shape index (κ1) is 13.9. The van der Waals surface area contributed by atoms with Gasteiger partial charge in [-0.25, -0.2) is 0 Å². The van der Waals surface area contributed by atoms with Gasteiger partial charge >= 0.3 is 5.97 Å². The van der Waals surface area contributed by atoms with Crippen molar-refractivity contribution in [1.82, 2.24) is 4.90 Å². The molecule has 0 saturated heterocycles. The molecule has 1 N–H and O–H groups in total. The fourth-order valence-corrected chi connectivity index (χ4v) is 3.55. The summed E-state index contributed by atoms with van der Waals surface area (Å²) in [4.78, 5) is 13.9. The van der Waals surface area contributed by atoms with Gasteiger partial charge in [-0.05, 0) is 50.5 Å². The van der Waals surface area contributed by atoms with Crippen LogP contribution in [0.5, 0.6) is 0 Å². The first-order chi connectivity index (χ1) is 8.61. The van der Waals surface area contributed by atoms with E-state index in [2.05, 4.69) is 18.7 Å². The van der Waals surface area contributed by atoms with Crippen LogP contribution in [0.2, 0.25) is 0 Å². The third-order valence-corrected chi connectivity index (χ3v) is 4.99.